The van der Waals surface area contributed by atoms with Crippen molar-refractivity contribution in [2.24, 2.45) is 5.92 Å². The van der Waals surface area contributed by atoms with Crippen molar-refractivity contribution in [2.45, 2.75) is 38.8 Å². The summed E-state index contributed by atoms with van der Waals surface area (Å²) in [6.45, 7) is 6.31. The molecule has 16 heavy (non-hydrogen) atoms. The Morgan fingerprint density at radius 1 is 1.62 bits per heavy atom. The lowest BCUT2D eigenvalue weighted by Gasteiger charge is -2.25. The first-order valence-corrected chi connectivity index (χ1v) is 6.10. The topological polar surface area (TPSA) is 41.6 Å². The van der Waals surface area contributed by atoms with Gasteiger partial charge in [-0.25, -0.2) is 0 Å². The highest BCUT2D eigenvalue weighted by atomic mass is 16.5. The van der Waals surface area contributed by atoms with Crippen LogP contribution < -0.4 is 5.32 Å². The van der Waals surface area contributed by atoms with E-state index >= 15 is 0 Å². The van der Waals surface area contributed by atoms with Gasteiger partial charge in [0.2, 0.25) is 0 Å². The van der Waals surface area contributed by atoms with E-state index in [0.29, 0.717) is 12.0 Å². The number of methoxy groups -OCH3 is 1. The number of carbonyl (C=O) groups excluding carboxylic acids is 1. The molecule has 0 aromatic carbocycles. The van der Waals surface area contributed by atoms with Crippen LogP contribution in [0.25, 0.3) is 0 Å². The van der Waals surface area contributed by atoms with Gasteiger partial charge in [0, 0.05) is 12.6 Å². The maximum absolute atomic E-state index is 11.7. The number of esters is 1. The molecule has 1 fully saturated rings. The van der Waals surface area contributed by atoms with Gasteiger partial charge in [-0.2, -0.15) is 0 Å². The Kier molecular flexibility index (Phi) is 5.22. The van der Waals surface area contributed by atoms with Crippen LogP contribution in [0.2, 0.25) is 0 Å². The lowest BCUT2D eigenvalue weighted by molar-refractivity contribution is -0.144. The summed E-state index contributed by atoms with van der Waals surface area (Å²) in [7, 11) is 3.57. The molecule has 3 unspecified atom stereocenters. The number of nitrogens with zero attached hydrogens (tertiary/aromatic N) is 1. The summed E-state index contributed by atoms with van der Waals surface area (Å²) in [4.78, 5) is 14.0. The molecule has 0 aromatic rings. The first-order valence-electron chi connectivity index (χ1n) is 6.10. The van der Waals surface area contributed by atoms with Gasteiger partial charge in [0.05, 0.1) is 7.11 Å². The Hall–Kier alpha value is -0.610. The van der Waals surface area contributed by atoms with Gasteiger partial charge in [-0.1, -0.05) is 20.3 Å². The van der Waals surface area contributed by atoms with Crippen molar-refractivity contribution in [2.75, 3.05) is 27.2 Å². The number of hydrogen-bond acceptors (Lipinski definition) is 4. The summed E-state index contributed by atoms with van der Waals surface area (Å²) in [6, 6.07) is 0.259. The van der Waals surface area contributed by atoms with E-state index in [1.165, 1.54) is 7.11 Å². The lowest BCUT2D eigenvalue weighted by atomic mass is 9.98. The minimum absolute atomic E-state index is 0.135. The van der Waals surface area contributed by atoms with Crippen molar-refractivity contribution in [3.63, 3.8) is 0 Å². The molecule has 1 saturated heterocycles. The molecule has 1 rings (SSSR count). The minimum atomic E-state index is -0.161. The van der Waals surface area contributed by atoms with Crippen molar-refractivity contribution in [3.8, 4) is 0 Å². The van der Waals surface area contributed by atoms with Gasteiger partial charge in [-0.3, -0.25) is 4.79 Å². The van der Waals surface area contributed by atoms with Crippen LogP contribution in [0.3, 0.4) is 0 Å². The normalized spacial score (nSPS) is 25.4. The Morgan fingerprint density at radius 2 is 2.31 bits per heavy atom. The zero-order valence-electron chi connectivity index (χ0n) is 10.8. The first kappa shape index (κ1) is 13.5. The molecule has 0 aromatic heterocycles. The van der Waals surface area contributed by atoms with Crippen molar-refractivity contribution in [1.29, 1.82) is 0 Å². The molecule has 1 aliphatic rings. The van der Waals surface area contributed by atoms with E-state index in [9.17, 15) is 4.79 Å². The molecule has 3 atom stereocenters. The van der Waals surface area contributed by atoms with Gasteiger partial charge in [0.1, 0.15) is 6.04 Å². The molecule has 1 aliphatic heterocycles. The molecule has 1 heterocycles. The summed E-state index contributed by atoms with van der Waals surface area (Å²) >= 11 is 0. The highest BCUT2D eigenvalue weighted by Crippen LogP contribution is 2.13. The summed E-state index contributed by atoms with van der Waals surface area (Å²) in [5, 5.41) is 3.43. The number of nitrogens with one attached hydrogen (secondary N) is 1. The van der Waals surface area contributed by atoms with Gasteiger partial charge < -0.3 is 15.0 Å². The van der Waals surface area contributed by atoms with E-state index in [0.717, 1.165) is 25.9 Å². The predicted octanol–water partition coefficient (Wildman–Crippen LogP) is 0.868. The SMILES string of the molecule is CCC(C)C(NC1CCN(C)C1)C(=O)OC. The third-order valence-corrected chi connectivity index (χ3v) is 3.47. The molecule has 0 spiro atoms. The summed E-state index contributed by atoms with van der Waals surface area (Å²) in [6.07, 6.45) is 2.09. The largest absolute Gasteiger partial charge is 0.468 e. The summed E-state index contributed by atoms with van der Waals surface area (Å²) in [5.74, 6) is 0.183. The Bertz CT molecular complexity index is 233. The number of rotatable bonds is 5. The lowest BCUT2D eigenvalue weighted by Crippen LogP contribution is -2.48. The fourth-order valence-electron chi connectivity index (χ4n) is 2.15. The van der Waals surface area contributed by atoms with Crippen molar-refractivity contribution in [3.05, 3.63) is 0 Å². The fourth-order valence-corrected chi connectivity index (χ4v) is 2.15. The number of hydrogen-bond donors (Lipinski definition) is 1. The van der Waals surface area contributed by atoms with Gasteiger partial charge >= 0.3 is 5.97 Å². The monoisotopic (exact) mass is 228 g/mol. The van der Waals surface area contributed by atoms with E-state index in [4.69, 9.17) is 4.74 Å². The first-order chi connectivity index (χ1) is 7.58. The molecule has 0 aliphatic carbocycles. The molecular formula is C12H24N2O2. The molecule has 4 nitrogen and oxygen atoms in total. The smallest absolute Gasteiger partial charge is 0.323 e. The molecule has 0 bridgehead atoms. The number of carbonyl (C=O) groups is 1. The van der Waals surface area contributed by atoms with Gasteiger partial charge in [0.25, 0.3) is 0 Å². The second-order valence-electron chi connectivity index (χ2n) is 4.80. The third kappa shape index (κ3) is 3.46. The van der Waals surface area contributed by atoms with Crippen molar-refractivity contribution in [1.82, 2.24) is 10.2 Å². The van der Waals surface area contributed by atoms with Crippen LogP contribution in [0.5, 0.6) is 0 Å². The Labute approximate surface area is 98.3 Å². The van der Waals surface area contributed by atoms with Crippen LogP contribution in [-0.2, 0) is 9.53 Å². The van der Waals surface area contributed by atoms with E-state index in [1.54, 1.807) is 0 Å². The standard InChI is InChI=1S/C12H24N2O2/c1-5-9(2)11(12(15)16-4)13-10-6-7-14(3)8-10/h9-11,13H,5-8H2,1-4H3. The number of likely N-dealkylation sites (tertiary alicyclic amines) is 1. The van der Waals surface area contributed by atoms with E-state index in [2.05, 4.69) is 31.1 Å². The van der Waals surface area contributed by atoms with Gasteiger partial charge in [-0.15, -0.1) is 0 Å². The second-order valence-corrected chi connectivity index (χ2v) is 4.80. The zero-order valence-corrected chi connectivity index (χ0v) is 10.8. The average molecular weight is 228 g/mol. The highest BCUT2D eigenvalue weighted by molar-refractivity contribution is 5.76. The third-order valence-electron chi connectivity index (χ3n) is 3.47. The van der Waals surface area contributed by atoms with Crippen LogP contribution in [0.4, 0.5) is 0 Å². The summed E-state index contributed by atoms with van der Waals surface area (Å²) < 4.78 is 4.86. The van der Waals surface area contributed by atoms with Gasteiger partial charge in [0.15, 0.2) is 0 Å². The Balaban J connectivity index is 2.53. The van der Waals surface area contributed by atoms with E-state index in [1.807, 2.05) is 0 Å². The van der Waals surface area contributed by atoms with Crippen LogP contribution in [-0.4, -0.2) is 50.2 Å². The van der Waals surface area contributed by atoms with Crippen molar-refractivity contribution >= 4 is 5.97 Å². The molecule has 4 heteroatoms. The molecule has 0 saturated carbocycles. The fraction of sp³-hybridized carbons (Fsp3) is 0.917. The maximum atomic E-state index is 11.7. The average Bonchev–Trinajstić information content (AvgIpc) is 2.69. The zero-order chi connectivity index (χ0) is 12.1. The maximum Gasteiger partial charge on any atom is 0.323 e. The number of likely N-dealkylation sites (N-methyl/N-ethyl adjacent to an activating group) is 1. The molecule has 0 radical (unpaired) electrons. The van der Waals surface area contributed by atoms with E-state index in [-0.39, 0.29) is 12.0 Å². The van der Waals surface area contributed by atoms with Crippen molar-refractivity contribution < 1.29 is 9.53 Å². The van der Waals surface area contributed by atoms with Crippen LogP contribution in [0, 0.1) is 5.92 Å². The molecule has 1 N–H and O–H groups in total. The predicted molar refractivity (Wildman–Crippen MR) is 64.3 cm³/mol. The molecular weight excluding hydrogens is 204 g/mol. The quantitative estimate of drug-likeness (QED) is 0.709. The van der Waals surface area contributed by atoms with Gasteiger partial charge in [-0.05, 0) is 25.9 Å². The van der Waals surface area contributed by atoms with Crippen LogP contribution in [0.1, 0.15) is 26.7 Å². The number of ether oxygens (including phenoxy) is 1. The summed E-state index contributed by atoms with van der Waals surface area (Å²) in [5.41, 5.74) is 0. The molecule has 0 amide bonds. The van der Waals surface area contributed by atoms with E-state index < -0.39 is 0 Å². The second kappa shape index (κ2) is 6.21. The molecule has 94 valence electrons. The van der Waals surface area contributed by atoms with Crippen LogP contribution >= 0.6 is 0 Å². The Morgan fingerprint density at radius 3 is 2.75 bits per heavy atom. The minimum Gasteiger partial charge on any atom is -0.468 e. The highest BCUT2D eigenvalue weighted by Gasteiger charge is 2.29. The van der Waals surface area contributed by atoms with Crippen LogP contribution in [0.15, 0.2) is 0 Å².